The Morgan fingerprint density at radius 2 is 0.333 bits per heavy atom. The average Bonchev–Trinajstić information content (AvgIpc) is 2.03. The largest absolute Gasteiger partial charge is 0.106 e. The third-order valence-corrected chi connectivity index (χ3v) is 0. The van der Waals surface area contributed by atoms with Crippen molar-refractivity contribution in [3.05, 3.63) is 52.6 Å². The van der Waals surface area contributed by atoms with E-state index in [1.807, 2.05) is 0 Å². The first-order valence-electron chi connectivity index (χ1n) is 2.00. The van der Waals surface area contributed by atoms with Crippen molar-refractivity contribution in [1.82, 2.24) is 0 Å². The fourth-order valence-corrected chi connectivity index (χ4v) is 0. The van der Waals surface area contributed by atoms with Crippen molar-refractivity contribution in [1.29, 1.82) is 0 Å². The van der Waals surface area contributed by atoms with Crippen molar-refractivity contribution in [3.8, 4) is 0 Å². The predicted molar refractivity (Wildman–Crippen MR) is 50.8 cm³/mol. The Labute approximate surface area is 76.6 Å². The van der Waals surface area contributed by atoms with Gasteiger partial charge >= 0.3 is 0 Å². The molecule has 0 nitrogen and oxygen atoms in total. The SMILES string of the molecule is C=C.C=C.C=C.C=C.[Sn]. The van der Waals surface area contributed by atoms with E-state index in [0.29, 0.717) is 0 Å². The van der Waals surface area contributed by atoms with Gasteiger partial charge in [0, 0.05) is 23.9 Å². The molecule has 0 aromatic rings. The summed E-state index contributed by atoms with van der Waals surface area (Å²) in [5.74, 6) is 0. The van der Waals surface area contributed by atoms with Gasteiger partial charge in [-0.15, -0.1) is 52.6 Å². The first-order chi connectivity index (χ1) is 4.00. The molecule has 0 aromatic heterocycles. The fraction of sp³-hybridized carbons (Fsp3) is 0. The summed E-state index contributed by atoms with van der Waals surface area (Å²) in [4.78, 5) is 0. The Balaban J connectivity index is -0.00000000762. The summed E-state index contributed by atoms with van der Waals surface area (Å²) in [5, 5.41) is 0. The van der Waals surface area contributed by atoms with Crippen LogP contribution in [0.5, 0.6) is 0 Å². The minimum Gasteiger partial charge on any atom is -0.106 e. The molecule has 4 radical (unpaired) electrons. The quantitative estimate of drug-likeness (QED) is 0.444. The molecule has 0 atom stereocenters. The van der Waals surface area contributed by atoms with Crippen LogP contribution < -0.4 is 0 Å². The molecule has 0 fully saturated rings. The molecular weight excluding hydrogens is 215 g/mol. The Morgan fingerprint density at radius 1 is 0.333 bits per heavy atom. The van der Waals surface area contributed by atoms with Crippen LogP contribution in [-0.4, -0.2) is 23.9 Å². The minimum absolute atomic E-state index is 0. The molecule has 0 aromatic carbocycles. The summed E-state index contributed by atoms with van der Waals surface area (Å²) in [6, 6.07) is 0. The molecule has 0 rings (SSSR count). The molecule has 0 saturated heterocycles. The van der Waals surface area contributed by atoms with E-state index in [-0.39, 0.29) is 23.9 Å². The van der Waals surface area contributed by atoms with Crippen LogP contribution in [0.3, 0.4) is 0 Å². The first kappa shape index (κ1) is 37.3. The molecule has 0 bridgehead atoms. The third-order valence-electron chi connectivity index (χ3n) is 0. The molecular formula is C8H16Sn. The first-order valence-corrected chi connectivity index (χ1v) is 2.00. The molecule has 9 heavy (non-hydrogen) atoms. The van der Waals surface area contributed by atoms with Gasteiger partial charge in [0.15, 0.2) is 0 Å². The van der Waals surface area contributed by atoms with Crippen LogP contribution in [0.4, 0.5) is 0 Å². The summed E-state index contributed by atoms with van der Waals surface area (Å²) in [5.41, 5.74) is 0. The maximum Gasteiger partial charge on any atom is 0 e. The van der Waals surface area contributed by atoms with Gasteiger partial charge < -0.3 is 0 Å². The predicted octanol–water partition coefficient (Wildman–Crippen LogP) is 2.83. The Morgan fingerprint density at radius 3 is 0.333 bits per heavy atom. The Bertz CT molecular complexity index is 12.5. The normalized spacial score (nSPS) is 1.78. The topological polar surface area (TPSA) is 0 Å². The summed E-state index contributed by atoms with van der Waals surface area (Å²) in [6.45, 7) is 24.0. The fourth-order valence-electron chi connectivity index (χ4n) is 0. The van der Waals surface area contributed by atoms with Crippen molar-refractivity contribution in [2.75, 3.05) is 0 Å². The second-order valence-corrected chi connectivity index (χ2v) is 0. The molecule has 52 valence electrons. The van der Waals surface area contributed by atoms with Gasteiger partial charge in [-0.1, -0.05) is 0 Å². The van der Waals surface area contributed by atoms with Gasteiger partial charge in [-0.05, 0) is 0 Å². The van der Waals surface area contributed by atoms with E-state index < -0.39 is 0 Å². The van der Waals surface area contributed by atoms with E-state index in [9.17, 15) is 0 Å². The molecule has 0 heterocycles. The summed E-state index contributed by atoms with van der Waals surface area (Å²) in [6.07, 6.45) is 0. The van der Waals surface area contributed by atoms with E-state index >= 15 is 0 Å². The van der Waals surface area contributed by atoms with Gasteiger partial charge in [0.05, 0.1) is 0 Å². The van der Waals surface area contributed by atoms with Crippen LogP contribution in [-0.2, 0) is 0 Å². The summed E-state index contributed by atoms with van der Waals surface area (Å²) < 4.78 is 0. The van der Waals surface area contributed by atoms with Crippen LogP contribution in [0, 0.1) is 0 Å². The van der Waals surface area contributed by atoms with E-state index in [4.69, 9.17) is 0 Å². The van der Waals surface area contributed by atoms with Crippen molar-refractivity contribution >= 4 is 23.9 Å². The summed E-state index contributed by atoms with van der Waals surface area (Å²) >= 11 is 0. The van der Waals surface area contributed by atoms with Gasteiger partial charge in [-0.25, -0.2) is 0 Å². The van der Waals surface area contributed by atoms with Gasteiger partial charge in [-0.3, -0.25) is 0 Å². The number of rotatable bonds is 0. The second-order valence-electron chi connectivity index (χ2n) is 0. The van der Waals surface area contributed by atoms with Crippen LogP contribution in [0.1, 0.15) is 0 Å². The van der Waals surface area contributed by atoms with E-state index in [1.54, 1.807) is 0 Å². The van der Waals surface area contributed by atoms with Crippen LogP contribution in [0.2, 0.25) is 0 Å². The molecule has 0 N–H and O–H groups in total. The molecule has 0 saturated carbocycles. The average molecular weight is 231 g/mol. The zero-order valence-corrected chi connectivity index (χ0v) is 9.01. The van der Waals surface area contributed by atoms with Crippen LogP contribution >= 0.6 is 0 Å². The monoisotopic (exact) mass is 232 g/mol. The molecule has 0 unspecified atom stereocenters. The van der Waals surface area contributed by atoms with Crippen LogP contribution in [0.25, 0.3) is 0 Å². The van der Waals surface area contributed by atoms with E-state index in [2.05, 4.69) is 52.6 Å². The Hall–Kier alpha value is -0.241. The third kappa shape index (κ3) is 4420. The molecule has 1 heteroatoms. The summed E-state index contributed by atoms with van der Waals surface area (Å²) in [7, 11) is 0. The van der Waals surface area contributed by atoms with Gasteiger partial charge in [0.1, 0.15) is 0 Å². The second kappa shape index (κ2) is 6090. The molecule has 0 aliphatic rings. The smallest absolute Gasteiger partial charge is 0 e. The van der Waals surface area contributed by atoms with Crippen molar-refractivity contribution in [2.24, 2.45) is 0 Å². The molecule has 0 aliphatic heterocycles. The number of hydrogen-bond acceptors (Lipinski definition) is 0. The molecule has 0 spiro atoms. The maximum atomic E-state index is 3.00. The van der Waals surface area contributed by atoms with Gasteiger partial charge in [0.2, 0.25) is 0 Å². The van der Waals surface area contributed by atoms with Crippen molar-refractivity contribution < 1.29 is 0 Å². The zero-order chi connectivity index (χ0) is 8.00. The minimum atomic E-state index is 0. The Kier molecular flexibility index (Phi) is 25200. The van der Waals surface area contributed by atoms with Gasteiger partial charge in [-0.2, -0.15) is 0 Å². The van der Waals surface area contributed by atoms with Crippen molar-refractivity contribution in [3.63, 3.8) is 0 Å². The molecule has 0 aliphatic carbocycles. The zero-order valence-electron chi connectivity index (χ0n) is 6.16. The maximum absolute atomic E-state index is 3.00. The van der Waals surface area contributed by atoms with Crippen LogP contribution in [0.15, 0.2) is 52.6 Å². The standard InChI is InChI=1S/4C2H4.Sn/c4*1-2;/h4*1-2H2;. The number of hydrogen-bond donors (Lipinski definition) is 0. The van der Waals surface area contributed by atoms with E-state index in [1.165, 1.54) is 0 Å². The van der Waals surface area contributed by atoms with Crippen molar-refractivity contribution in [2.45, 2.75) is 0 Å². The molecule has 0 amide bonds. The van der Waals surface area contributed by atoms with Gasteiger partial charge in [0.25, 0.3) is 0 Å². The van der Waals surface area contributed by atoms with E-state index in [0.717, 1.165) is 0 Å².